The van der Waals surface area contributed by atoms with Crippen LogP contribution >= 0.6 is 11.8 Å². The topological polar surface area (TPSA) is 108 Å². The normalized spacial score (nSPS) is 11.5. The summed E-state index contributed by atoms with van der Waals surface area (Å²) in [6, 6.07) is 16.0. The van der Waals surface area contributed by atoms with Gasteiger partial charge in [0.2, 0.25) is 15.9 Å². The zero-order chi connectivity index (χ0) is 23.3. The number of fused-ring (bicyclic) bond motifs is 1. The van der Waals surface area contributed by atoms with Crippen LogP contribution in [0, 0.1) is 13.8 Å². The molecule has 10 heteroatoms. The van der Waals surface area contributed by atoms with Crippen molar-refractivity contribution in [1.82, 2.24) is 20.1 Å². The second-order valence-corrected chi connectivity index (χ2v) is 10.3. The number of pyridine rings is 1. The molecule has 8 nitrogen and oxygen atoms in total. The number of sulfonamides is 1. The first-order valence-corrected chi connectivity index (χ1v) is 12.2. The van der Waals surface area contributed by atoms with E-state index >= 15 is 0 Å². The molecule has 0 bridgehead atoms. The summed E-state index contributed by atoms with van der Waals surface area (Å²) in [5.41, 5.74) is 7.38. The van der Waals surface area contributed by atoms with Crippen LogP contribution in [0.5, 0.6) is 0 Å². The minimum Gasteiger partial charge on any atom is -0.272 e. The minimum absolute atomic E-state index is 0.0442. The molecule has 3 rings (SSSR count). The molecule has 2 N–H and O–H groups in total. The number of amides is 2. The number of carbonyl (C=O) groups is 2. The van der Waals surface area contributed by atoms with Crippen molar-refractivity contribution in [1.29, 1.82) is 0 Å². The van der Waals surface area contributed by atoms with Crippen LogP contribution in [0.2, 0.25) is 0 Å². The lowest BCUT2D eigenvalue weighted by Gasteiger charge is -2.17. The van der Waals surface area contributed by atoms with Gasteiger partial charge in [-0.15, -0.1) is 0 Å². The number of nitrogens with zero attached hydrogens (tertiary/aromatic N) is 2. The molecule has 2 aromatic carbocycles. The van der Waals surface area contributed by atoms with Crippen LogP contribution in [-0.4, -0.2) is 48.9 Å². The van der Waals surface area contributed by atoms with E-state index < -0.39 is 28.4 Å². The molecular formula is C22H24N4O4S2. The fraction of sp³-hybridized carbons (Fsp3) is 0.227. The molecule has 32 heavy (non-hydrogen) atoms. The van der Waals surface area contributed by atoms with E-state index in [1.54, 1.807) is 12.1 Å². The van der Waals surface area contributed by atoms with Crippen molar-refractivity contribution in [3.05, 3.63) is 65.7 Å². The quantitative estimate of drug-likeness (QED) is 0.404. The van der Waals surface area contributed by atoms with Gasteiger partial charge in [0.05, 0.1) is 27.7 Å². The molecule has 168 valence electrons. The Morgan fingerprint density at radius 3 is 2.38 bits per heavy atom. The van der Waals surface area contributed by atoms with Gasteiger partial charge in [-0.2, -0.15) is 4.31 Å². The summed E-state index contributed by atoms with van der Waals surface area (Å²) in [5, 5.41) is 1.75. The maximum absolute atomic E-state index is 12.5. The summed E-state index contributed by atoms with van der Waals surface area (Å²) in [4.78, 5) is 28.8. The van der Waals surface area contributed by atoms with Crippen LogP contribution in [0.4, 0.5) is 0 Å². The van der Waals surface area contributed by atoms with Crippen molar-refractivity contribution in [2.75, 3.05) is 19.3 Å². The Kier molecular flexibility index (Phi) is 7.49. The number of aryl methyl sites for hydroxylation is 2. The zero-order valence-electron chi connectivity index (χ0n) is 18.0. The van der Waals surface area contributed by atoms with Crippen LogP contribution in [0.15, 0.2) is 64.5 Å². The molecule has 0 unspecified atom stereocenters. The highest BCUT2D eigenvalue weighted by molar-refractivity contribution is 7.99. The van der Waals surface area contributed by atoms with E-state index in [0.717, 1.165) is 26.3 Å². The maximum atomic E-state index is 12.5. The minimum atomic E-state index is -3.81. The number of aromatic nitrogens is 1. The van der Waals surface area contributed by atoms with Crippen LogP contribution in [0.3, 0.4) is 0 Å². The van der Waals surface area contributed by atoms with Gasteiger partial charge in [0.1, 0.15) is 0 Å². The molecule has 2 amide bonds. The van der Waals surface area contributed by atoms with E-state index in [0.29, 0.717) is 5.03 Å². The third kappa shape index (κ3) is 5.84. The summed E-state index contributed by atoms with van der Waals surface area (Å²) < 4.78 is 26.0. The van der Waals surface area contributed by atoms with Gasteiger partial charge < -0.3 is 0 Å². The summed E-state index contributed by atoms with van der Waals surface area (Å²) in [5.74, 6) is -1.04. The van der Waals surface area contributed by atoms with E-state index in [-0.39, 0.29) is 10.6 Å². The van der Waals surface area contributed by atoms with Crippen LogP contribution < -0.4 is 10.9 Å². The van der Waals surface area contributed by atoms with Gasteiger partial charge in [-0.1, -0.05) is 47.7 Å². The number of thioether (sulfide) groups is 1. The number of carbonyl (C=O) groups excluding carboxylic acids is 2. The number of para-hydroxylation sites is 1. The average molecular weight is 473 g/mol. The molecule has 0 spiro atoms. The Labute approximate surface area is 191 Å². The number of benzene rings is 2. The molecule has 0 radical (unpaired) electrons. The molecule has 1 heterocycles. The molecule has 3 aromatic rings. The number of rotatable bonds is 7. The summed E-state index contributed by atoms with van der Waals surface area (Å²) in [6.07, 6.45) is 0. The van der Waals surface area contributed by atoms with Crippen molar-refractivity contribution >= 4 is 44.5 Å². The standard InChI is InChI=1S/C22H24N4O4S2/c1-15-8-10-17(11-9-15)32(29,30)26(3)13-20(27)24-25-21(28)14-31-22-12-16(2)18-6-4-5-7-19(18)23-22/h4-12H,13-14H2,1-3H3,(H,24,27)(H,25,28). The predicted octanol–water partition coefficient (Wildman–Crippen LogP) is 2.41. The largest absolute Gasteiger partial charge is 0.272 e. The SMILES string of the molecule is Cc1ccc(S(=O)(=O)N(C)CC(=O)NNC(=O)CSc2cc(C)c3ccccc3n2)cc1. The van der Waals surface area contributed by atoms with Gasteiger partial charge in [-0.3, -0.25) is 20.4 Å². The lowest BCUT2D eigenvalue weighted by atomic mass is 10.1. The summed E-state index contributed by atoms with van der Waals surface area (Å²) >= 11 is 1.25. The van der Waals surface area contributed by atoms with Crippen molar-refractivity contribution in [3.63, 3.8) is 0 Å². The number of hydrogen-bond donors (Lipinski definition) is 2. The van der Waals surface area contributed by atoms with Crippen molar-refractivity contribution < 1.29 is 18.0 Å². The fourth-order valence-electron chi connectivity index (χ4n) is 2.92. The van der Waals surface area contributed by atoms with E-state index in [1.807, 2.05) is 44.2 Å². The molecule has 0 aliphatic carbocycles. The Hall–Kier alpha value is -2.95. The Morgan fingerprint density at radius 2 is 1.66 bits per heavy atom. The third-order valence-corrected chi connectivity index (χ3v) is 7.42. The van der Waals surface area contributed by atoms with Gasteiger partial charge in [0.15, 0.2) is 0 Å². The highest BCUT2D eigenvalue weighted by Crippen LogP contribution is 2.23. The smallest absolute Gasteiger partial charge is 0.253 e. The lowest BCUT2D eigenvalue weighted by molar-refractivity contribution is -0.127. The first-order chi connectivity index (χ1) is 15.2. The Balaban J connectivity index is 1.49. The molecule has 0 aliphatic heterocycles. The molecule has 0 saturated heterocycles. The number of likely N-dealkylation sites (N-methyl/N-ethyl adjacent to an activating group) is 1. The molecule has 1 aromatic heterocycles. The van der Waals surface area contributed by atoms with Crippen molar-refractivity contribution in [2.45, 2.75) is 23.8 Å². The average Bonchev–Trinajstić information content (AvgIpc) is 2.76. The second kappa shape index (κ2) is 10.1. The summed E-state index contributed by atoms with van der Waals surface area (Å²) in [7, 11) is -2.50. The number of hydrazine groups is 1. The van der Waals surface area contributed by atoms with Crippen LogP contribution in [-0.2, 0) is 19.6 Å². The molecule has 0 atom stereocenters. The van der Waals surface area contributed by atoms with Gasteiger partial charge >= 0.3 is 0 Å². The first-order valence-electron chi connectivity index (χ1n) is 9.76. The number of nitrogens with one attached hydrogen (secondary N) is 2. The number of hydrogen-bond acceptors (Lipinski definition) is 6. The van der Waals surface area contributed by atoms with E-state index in [1.165, 1.54) is 30.9 Å². The van der Waals surface area contributed by atoms with Gasteiger partial charge in [-0.05, 0) is 43.7 Å². The first kappa shape index (κ1) is 23.7. The molecule has 0 fully saturated rings. The maximum Gasteiger partial charge on any atom is 0.253 e. The zero-order valence-corrected chi connectivity index (χ0v) is 19.6. The van der Waals surface area contributed by atoms with Gasteiger partial charge in [0.25, 0.3) is 5.91 Å². The predicted molar refractivity (Wildman–Crippen MR) is 124 cm³/mol. The lowest BCUT2D eigenvalue weighted by Crippen LogP contribution is -2.47. The molecular weight excluding hydrogens is 448 g/mol. The Morgan fingerprint density at radius 1 is 1.00 bits per heavy atom. The molecule has 0 aliphatic rings. The van der Waals surface area contributed by atoms with Gasteiger partial charge in [-0.25, -0.2) is 13.4 Å². The monoisotopic (exact) mass is 472 g/mol. The Bertz CT molecular complexity index is 1240. The van der Waals surface area contributed by atoms with Crippen molar-refractivity contribution in [3.8, 4) is 0 Å². The highest BCUT2D eigenvalue weighted by atomic mass is 32.2. The second-order valence-electron chi connectivity index (χ2n) is 7.25. The van der Waals surface area contributed by atoms with Crippen LogP contribution in [0.25, 0.3) is 10.9 Å². The van der Waals surface area contributed by atoms with Gasteiger partial charge in [0, 0.05) is 12.4 Å². The van der Waals surface area contributed by atoms with E-state index in [2.05, 4.69) is 15.8 Å². The van der Waals surface area contributed by atoms with E-state index in [4.69, 9.17) is 0 Å². The fourth-order valence-corrected chi connectivity index (χ4v) is 4.83. The molecule has 0 saturated carbocycles. The third-order valence-electron chi connectivity index (χ3n) is 4.69. The van der Waals surface area contributed by atoms with Crippen LogP contribution in [0.1, 0.15) is 11.1 Å². The van der Waals surface area contributed by atoms with Crippen molar-refractivity contribution in [2.24, 2.45) is 0 Å². The van der Waals surface area contributed by atoms with E-state index in [9.17, 15) is 18.0 Å². The summed E-state index contributed by atoms with van der Waals surface area (Å²) in [6.45, 7) is 3.40. The highest BCUT2D eigenvalue weighted by Gasteiger charge is 2.23.